The molecule has 0 aliphatic carbocycles. The van der Waals surface area contributed by atoms with Crippen LogP contribution in [-0.2, 0) is 0 Å². The predicted molar refractivity (Wildman–Crippen MR) is 60.3 cm³/mol. The van der Waals surface area contributed by atoms with E-state index in [1.807, 2.05) is 0 Å². The van der Waals surface area contributed by atoms with Crippen molar-refractivity contribution in [2.75, 3.05) is 13.1 Å². The molecule has 0 aromatic heterocycles. The average Bonchev–Trinajstić information content (AvgIpc) is 2.52. The van der Waals surface area contributed by atoms with Gasteiger partial charge in [-0.05, 0) is 31.7 Å². The number of hydrogen-bond donors (Lipinski definition) is 1. The number of aliphatic hydroxyl groups is 1. The third-order valence-electron chi connectivity index (χ3n) is 3.25. The van der Waals surface area contributed by atoms with E-state index in [0.717, 1.165) is 25.3 Å². The summed E-state index contributed by atoms with van der Waals surface area (Å²) in [5.41, 5.74) is 0. The molecule has 0 amide bonds. The normalized spacial score (nSPS) is 25.9. The third-order valence-corrected chi connectivity index (χ3v) is 3.25. The first-order valence-electron chi connectivity index (χ1n) is 6.07. The van der Waals surface area contributed by atoms with Crippen LogP contribution < -0.4 is 0 Å². The molecule has 14 heavy (non-hydrogen) atoms. The summed E-state index contributed by atoms with van der Waals surface area (Å²) in [4.78, 5) is 2.48. The third kappa shape index (κ3) is 3.25. The lowest BCUT2D eigenvalue weighted by molar-refractivity contribution is 0.0874. The number of rotatable bonds is 5. The summed E-state index contributed by atoms with van der Waals surface area (Å²) < 4.78 is 0. The topological polar surface area (TPSA) is 23.5 Å². The van der Waals surface area contributed by atoms with Gasteiger partial charge in [-0.1, -0.05) is 27.2 Å². The van der Waals surface area contributed by atoms with E-state index in [1.54, 1.807) is 0 Å². The zero-order valence-corrected chi connectivity index (χ0v) is 9.87. The van der Waals surface area contributed by atoms with E-state index in [9.17, 15) is 5.11 Å². The Balaban J connectivity index is 2.35. The van der Waals surface area contributed by atoms with Crippen LogP contribution in [0, 0.1) is 5.92 Å². The van der Waals surface area contributed by atoms with E-state index >= 15 is 0 Å². The van der Waals surface area contributed by atoms with E-state index in [1.165, 1.54) is 19.4 Å². The zero-order chi connectivity index (χ0) is 10.6. The predicted octanol–water partition coefficient (Wildman–Crippen LogP) is 2.27. The minimum absolute atomic E-state index is 0.112. The zero-order valence-electron chi connectivity index (χ0n) is 9.87. The summed E-state index contributed by atoms with van der Waals surface area (Å²) in [6.45, 7) is 8.78. The molecule has 1 rings (SSSR count). The SMILES string of the molecule is CCCC(O)CN1CCCC1C(C)C. The van der Waals surface area contributed by atoms with Crippen molar-refractivity contribution in [3.63, 3.8) is 0 Å². The first-order valence-corrected chi connectivity index (χ1v) is 6.07. The Labute approximate surface area is 88.3 Å². The summed E-state index contributed by atoms with van der Waals surface area (Å²) in [5.74, 6) is 0.728. The Morgan fingerprint density at radius 1 is 1.43 bits per heavy atom. The van der Waals surface area contributed by atoms with Gasteiger partial charge in [0.05, 0.1) is 6.10 Å². The van der Waals surface area contributed by atoms with Crippen LogP contribution in [0.2, 0.25) is 0 Å². The van der Waals surface area contributed by atoms with Gasteiger partial charge < -0.3 is 5.11 Å². The fourth-order valence-corrected chi connectivity index (χ4v) is 2.53. The lowest BCUT2D eigenvalue weighted by atomic mass is 10.0. The van der Waals surface area contributed by atoms with Crippen molar-refractivity contribution in [2.24, 2.45) is 5.92 Å². The molecule has 1 heterocycles. The molecule has 1 fully saturated rings. The highest BCUT2D eigenvalue weighted by Gasteiger charge is 2.27. The van der Waals surface area contributed by atoms with Crippen molar-refractivity contribution in [3.05, 3.63) is 0 Å². The van der Waals surface area contributed by atoms with Gasteiger partial charge >= 0.3 is 0 Å². The van der Waals surface area contributed by atoms with Crippen LogP contribution in [0.15, 0.2) is 0 Å². The molecule has 1 aliphatic rings. The van der Waals surface area contributed by atoms with Crippen LogP contribution in [-0.4, -0.2) is 35.2 Å². The molecule has 1 saturated heterocycles. The molecule has 2 atom stereocenters. The van der Waals surface area contributed by atoms with E-state index in [0.29, 0.717) is 6.04 Å². The fraction of sp³-hybridized carbons (Fsp3) is 1.00. The highest BCUT2D eigenvalue weighted by molar-refractivity contribution is 4.82. The van der Waals surface area contributed by atoms with Crippen molar-refractivity contribution in [2.45, 2.75) is 58.6 Å². The largest absolute Gasteiger partial charge is 0.392 e. The van der Waals surface area contributed by atoms with Crippen molar-refractivity contribution < 1.29 is 5.11 Å². The lowest BCUT2D eigenvalue weighted by Crippen LogP contribution is -2.38. The minimum atomic E-state index is -0.112. The second-order valence-corrected chi connectivity index (χ2v) is 4.89. The van der Waals surface area contributed by atoms with Crippen LogP contribution in [0.3, 0.4) is 0 Å². The molecule has 84 valence electrons. The highest BCUT2D eigenvalue weighted by Crippen LogP contribution is 2.23. The summed E-state index contributed by atoms with van der Waals surface area (Å²) in [7, 11) is 0. The van der Waals surface area contributed by atoms with Crippen LogP contribution in [0.25, 0.3) is 0 Å². The first-order chi connectivity index (χ1) is 6.65. The Kier molecular flexibility index (Phi) is 4.90. The van der Waals surface area contributed by atoms with Gasteiger partial charge in [-0.2, -0.15) is 0 Å². The maximum absolute atomic E-state index is 9.77. The molecule has 0 radical (unpaired) electrons. The number of aliphatic hydroxyl groups excluding tert-OH is 1. The molecule has 2 nitrogen and oxygen atoms in total. The molecule has 2 unspecified atom stereocenters. The molecule has 0 spiro atoms. The van der Waals surface area contributed by atoms with Crippen LogP contribution in [0.5, 0.6) is 0 Å². The fourth-order valence-electron chi connectivity index (χ4n) is 2.53. The average molecular weight is 199 g/mol. The second kappa shape index (κ2) is 5.72. The Morgan fingerprint density at radius 2 is 2.14 bits per heavy atom. The van der Waals surface area contributed by atoms with Gasteiger partial charge in [0, 0.05) is 12.6 Å². The van der Waals surface area contributed by atoms with E-state index in [2.05, 4.69) is 25.7 Å². The number of nitrogens with zero attached hydrogens (tertiary/aromatic N) is 1. The smallest absolute Gasteiger partial charge is 0.0667 e. The van der Waals surface area contributed by atoms with Crippen molar-refractivity contribution >= 4 is 0 Å². The number of β-amino-alcohol motifs (C(OH)–C–C–N with tert-alkyl or cyclic N) is 1. The Bertz CT molecular complexity index is 158. The van der Waals surface area contributed by atoms with Gasteiger partial charge in [0.25, 0.3) is 0 Å². The first kappa shape index (κ1) is 12.0. The van der Waals surface area contributed by atoms with Gasteiger partial charge in [0.2, 0.25) is 0 Å². The van der Waals surface area contributed by atoms with Gasteiger partial charge in [-0.15, -0.1) is 0 Å². The molecular weight excluding hydrogens is 174 g/mol. The van der Waals surface area contributed by atoms with Crippen LogP contribution in [0.4, 0.5) is 0 Å². The van der Waals surface area contributed by atoms with E-state index < -0.39 is 0 Å². The minimum Gasteiger partial charge on any atom is -0.392 e. The maximum atomic E-state index is 9.77. The van der Waals surface area contributed by atoms with E-state index in [4.69, 9.17) is 0 Å². The Hall–Kier alpha value is -0.0800. The van der Waals surface area contributed by atoms with Crippen molar-refractivity contribution in [1.29, 1.82) is 0 Å². The summed E-state index contributed by atoms with van der Waals surface area (Å²) >= 11 is 0. The molecule has 2 heteroatoms. The molecule has 0 saturated carbocycles. The molecule has 0 aromatic carbocycles. The molecule has 0 aromatic rings. The van der Waals surface area contributed by atoms with Gasteiger partial charge in [-0.25, -0.2) is 0 Å². The van der Waals surface area contributed by atoms with Gasteiger partial charge in [0.15, 0.2) is 0 Å². The van der Waals surface area contributed by atoms with Gasteiger partial charge in [0.1, 0.15) is 0 Å². The lowest BCUT2D eigenvalue weighted by Gasteiger charge is -2.29. The number of likely N-dealkylation sites (tertiary alicyclic amines) is 1. The van der Waals surface area contributed by atoms with Crippen LogP contribution in [0.1, 0.15) is 46.5 Å². The quantitative estimate of drug-likeness (QED) is 0.734. The molecule has 0 bridgehead atoms. The van der Waals surface area contributed by atoms with Crippen molar-refractivity contribution in [3.8, 4) is 0 Å². The standard InChI is InChI=1S/C12H25NO/c1-4-6-11(14)9-13-8-5-7-12(13)10(2)3/h10-12,14H,4-9H2,1-3H3. The second-order valence-electron chi connectivity index (χ2n) is 4.89. The molecule has 1 aliphatic heterocycles. The molecular formula is C12H25NO. The highest BCUT2D eigenvalue weighted by atomic mass is 16.3. The van der Waals surface area contributed by atoms with Crippen LogP contribution >= 0.6 is 0 Å². The maximum Gasteiger partial charge on any atom is 0.0667 e. The summed E-state index contributed by atoms with van der Waals surface area (Å²) in [6, 6.07) is 0.710. The summed E-state index contributed by atoms with van der Waals surface area (Å²) in [5, 5.41) is 9.77. The van der Waals surface area contributed by atoms with E-state index in [-0.39, 0.29) is 6.10 Å². The monoisotopic (exact) mass is 199 g/mol. The summed E-state index contributed by atoms with van der Waals surface area (Å²) in [6.07, 6.45) is 4.54. The van der Waals surface area contributed by atoms with Gasteiger partial charge in [-0.3, -0.25) is 4.90 Å². The Morgan fingerprint density at radius 3 is 2.71 bits per heavy atom. The molecule has 1 N–H and O–H groups in total. The number of hydrogen-bond acceptors (Lipinski definition) is 2. The van der Waals surface area contributed by atoms with Crippen molar-refractivity contribution in [1.82, 2.24) is 4.90 Å².